The van der Waals surface area contributed by atoms with Crippen LogP contribution in [0.15, 0.2) is 28.8 Å². The highest BCUT2D eigenvalue weighted by Crippen LogP contribution is 2.22. The van der Waals surface area contributed by atoms with E-state index in [0.717, 1.165) is 18.2 Å². The number of halogens is 2. The minimum atomic E-state index is -0.740. The van der Waals surface area contributed by atoms with E-state index < -0.39 is 17.6 Å². The molecule has 0 spiro atoms. The van der Waals surface area contributed by atoms with Crippen molar-refractivity contribution in [2.24, 2.45) is 0 Å². The van der Waals surface area contributed by atoms with Crippen LogP contribution in [0.2, 0.25) is 0 Å². The lowest BCUT2D eigenvalue weighted by Crippen LogP contribution is -2.00. The molecule has 0 bridgehead atoms. The number of rotatable bonds is 2. The molecule has 2 rings (SSSR count). The molecule has 0 amide bonds. The average Bonchev–Trinajstić information content (AvgIpc) is 2.76. The predicted molar refractivity (Wildman–Crippen MR) is 53.2 cm³/mol. The average molecular weight is 239 g/mol. The maximum atomic E-state index is 13.0. The highest BCUT2D eigenvalue weighted by atomic mass is 19.1. The van der Waals surface area contributed by atoms with Crippen molar-refractivity contribution in [3.05, 3.63) is 41.6 Å². The fraction of sp³-hybridized carbons (Fsp3) is 0.0909. The van der Waals surface area contributed by atoms with Crippen LogP contribution in [0.4, 0.5) is 8.78 Å². The fourth-order valence-electron chi connectivity index (χ4n) is 1.31. The van der Waals surface area contributed by atoms with E-state index >= 15 is 0 Å². The highest BCUT2D eigenvalue weighted by Gasteiger charge is 2.14. The van der Waals surface area contributed by atoms with Crippen LogP contribution in [0.3, 0.4) is 0 Å². The molecule has 4 nitrogen and oxygen atoms in total. The van der Waals surface area contributed by atoms with Crippen molar-refractivity contribution in [1.82, 2.24) is 5.16 Å². The molecule has 0 saturated heterocycles. The van der Waals surface area contributed by atoms with Gasteiger partial charge in [0.25, 0.3) is 0 Å². The van der Waals surface area contributed by atoms with Crippen molar-refractivity contribution in [2.75, 3.05) is 7.11 Å². The molecule has 0 N–H and O–H groups in total. The molecule has 0 radical (unpaired) electrons. The first-order valence-corrected chi connectivity index (χ1v) is 4.61. The van der Waals surface area contributed by atoms with Crippen molar-refractivity contribution in [1.29, 1.82) is 0 Å². The van der Waals surface area contributed by atoms with E-state index in [-0.39, 0.29) is 17.0 Å². The Morgan fingerprint density at radius 1 is 1.24 bits per heavy atom. The first-order valence-electron chi connectivity index (χ1n) is 4.61. The van der Waals surface area contributed by atoms with Gasteiger partial charge in [0.2, 0.25) is 0 Å². The Balaban J connectivity index is 2.40. The minimum absolute atomic E-state index is 0.0628. The van der Waals surface area contributed by atoms with Gasteiger partial charge in [0.15, 0.2) is 11.5 Å². The summed E-state index contributed by atoms with van der Waals surface area (Å²) >= 11 is 0. The van der Waals surface area contributed by atoms with E-state index in [2.05, 4.69) is 9.89 Å². The number of aromatic nitrogens is 1. The fourth-order valence-corrected chi connectivity index (χ4v) is 1.31. The first-order chi connectivity index (χ1) is 8.10. The smallest absolute Gasteiger partial charge is 0.360 e. The molecule has 1 aromatic carbocycles. The van der Waals surface area contributed by atoms with Gasteiger partial charge in [-0.15, -0.1) is 0 Å². The second kappa shape index (κ2) is 4.32. The molecule has 0 atom stereocenters. The quantitative estimate of drug-likeness (QED) is 0.755. The highest BCUT2D eigenvalue weighted by molar-refractivity contribution is 5.88. The Morgan fingerprint density at radius 2 is 1.88 bits per heavy atom. The van der Waals surface area contributed by atoms with Gasteiger partial charge in [-0.1, -0.05) is 5.16 Å². The SMILES string of the molecule is COC(=O)c1cc(-c2cc(F)cc(F)c2)on1. The van der Waals surface area contributed by atoms with Gasteiger partial charge in [-0.2, -0.15) is 0 Å². The Labute approximate surface area is 94.8 Å². The van der Waals surface area contributed by atoms with Crippen LogP contribution >= 0.6 is 0 Å². The summed E-state index contributed by atoms with van der Waals surface area (Å²) in [5.41, 5.74) is 0.0947. The van der Waals surface area contributed by atoms with Gasteiger partial charge in [0.1, 0.15) is 11.6 Å². The lowest BCUT2D eigenvalue weighted by Gasteiger charge is -1.96. The van der Waals surface area contributed by atoms with Crippen LogP contribution in [0.5, 0.6) is 0 Å². The predicted octanol–water partition coefficient (Wildman–Crippen LogP) is 2.41. The number of benzene rings is 1. The summed E-state index contributed by atoms with van der Waals surface area (Å²) in [5, 5.41) is 3.43. The van der Waals surface area contributed by atoms with Crippen LogP contribution in [-0.4, -0.2) is 18.2 Å². The summed E-state index contributed by atoms with van der Waals surface area (Å²) in [7, 11) is 1.19. The van der Waals surface area contributed by atoms with Gasteiger partial charge in [-0.05, 0) is 12.1 Å². The zero-order valence-corrected chi connectivity index (χ0v) is 8.74. The summed E-state index contributed by atoms with van der Waals surface area (Å²) < 4.78 is 35.1. The van der Waals surface area contributed by atoms with Crippen molar-refractivity contribution < 1.29 is 22.8 Å². The summed E-state index contributed by atoms with van der Waals surface area (Å²) in [6.07, 6.45) is 0. The maximum absolute atomic E-state index is 13.0. The molecule has 0 aliphatic carbocycles. The third kappa shape index (κ3) is 2.30. The van der Waals surface area contributed by atoms with Crippen molar-refractivity contribution in [3.63, 3.8) is 0 Å². The van der Waals surface area contributed by atoms with Crippen LogP contribution in [0.1, 0.15) is 10.5 Å². The van der Waals surface area contributed by atoms with Gasteiger partial charge < -0.3 is 9.26 Å². The minimum Gasteiger partial charge on any atom is -0.464 e. The largest absolute Gasteiger partial charge is 0.464 e. The molecule has 6 heteroatoms. The number of ether oxygens (including phenoxy) is 1. The Morgan fingerprint density at radius 3 is 2.47 bits per heavy atom. The van der Waals surface area contributed by atoms with Crippen LogP contribution in [0.25, 0.3) is 11.3 Å². The second-order valence-electron chi connectivity index (χ2n) is 3.23. The number of hydrogen-bond donors (Lipinski definition) is 0. The van der Waals surface area contributed by atoms with Gasteiger partial charge in [0.05, 0.1) is 7.11 Å². The van der Waals surface area contributed by atoms with E-state index in [1.807, 2.05) is 0 Å². The molecule has 1 aromatic heterocycles. The first kappa shape index (κ1) is 11.3. The molecule has 0 fully saturated rings. The molecule has 1 heterocycles. The number of hydrogen-bond acceptors (Lipinski definition) is 4. The summed E-state index contributed by atoms with van der Waals surface area (Å²) in [4.78, 5) is 11.1. The maximum Gasteiger partial charge on any atom is 0.360 e. The molecule has 2 aromatic rings. The number of esters is 1. The molecular formula is C11H7F2NO3. The van der Waals surface area contributed by atoms with Crippen LogP contribution in [-0.2, 0) is 4.74 Å². The lowest BCUT2D eigenvalue weighted by molar-refractivity contribution is 0.0589. The molecule has 17 heavy (non-hydrogen) atoms. The Hall–Kier alpha value is -2.24. The monoisotopic (exact) mass is 239 g/mol. The van der Waals surface area contributed by atoms with E-state index in [1.165, 1.54) is 13.2 Å². The molecule has 88 valence electrons. The molecule has 0 unspecified atom stereocenters. The Kier molecular flexibility index (Phi) is 2.86. The van der Waals surface area contributed by atoms with E-state index in [9.17, 15) is 13.6 Å². The van der Waals surface area contributed by atoms with E-state index in [0.29, 0.717) is 0 Å². The van der Waals surface area contributed by atoms with E-state index in [4.69, 9.17) is 4.52 Å². The molecule has 0 saturated carbocycles. The number of methoxy groups -OCH3 is 1. The third-order valence-electron chi connectivity index (χ3n) is 2.05. The van der Waals surface area contributed by atoms with Crippen LogP contribution < -0.4 is 0 Å². The van der Waals surface area contributed by atoms with Crippen molar-refractivity contribution in [3.8, 4) is 11.3 Å². The molecule has 0 aliphatic rings. The third-order valence-corrected chi connectivity index (χ3v) is 2.05. The van der Waals surface area contributed by atoms with Crippen molar-refractivity contribution >= 4 is 5.97 Å². The molecule has 0 aliphatic heterocycles. The standard InChI is InChI=1S/C11H7F2NO3/c1-16-11(15)9-5-10(17-14-9)6-2-7(12)4-8(13)3-6/h2-5H,1H3. The van der Waals surface area contributed by atoms with Gasteiger partial charge in [-0.3, -0.25) is 0 Å². The lowest BCUT2D eigenvalue weighted by atomic mass is 10.1. The summed E-state index contributed by atoms with van der Waals surface area (Å²) in [6, 6.07) is 4.14. The topological polar surface area (TPSA) is 52.3 Å². The van der Waals surface area contributed by atoms with E-state index in [1.54, 1.807) is 0 Å². The second-order valence-corrected chi connectivity index (χ2v) is 3.23. The zero-order valence-electron chi connectivity index (χ0n) is 8.74. The number of nitrogens with zero attached hydrogens (tertiary/aromatic N) is 1. The van der Waals surface area contributed by atoms with Gasteiger partial charge in [-0.25, -0.2) is 13.6 Å². The zero-order chi connectivity index (χ0) is 12.4. The number of carbonyl (C=O) groups is 1. The van der Waals surface area contributed by atoms with Gasteiger partial charge >= 0.3 is 5.97 Å². The number of carbonyl (C=O) groups excluding carboxylic acids is 1. The van der Waals surface area contributed by atoms with Crippen LogP contribution in [0, 0.1) is 11.6 Å². The van der Waals surface area contributed by atoms with Gasteiger partial charge in [0, 0.05) is 17.7 Å². The summed E-state index contributed by atoms with van der Waals surface area (Å²) in [5.74, 6) is -2.08. The normalized spacial score (nSPS) is 10.3. The molecular weight excluding hydrogens is 232 g/mol. The van der Waals surface area contributed by atoms with Crippen molar-refractivity contribution in [2.45, 2.75) is 0 Å². The summed E-state index contributed by atoms with van der Waals surface area (Å²) in [6.45, 7) is 0. The Bertz CT molecular complexity index is 545.